The topological polar surface area (TPSA) is 65.5 Å². The molecule has 1 rings (SSSR count). The summed E-state index contributed by atoms with van der Waals surface area (Å²) in [6, 6.07) is 1.50. The molecule has 0 bridgehead atoms. The number of hydrogen-bond acceptors (Lipinski definition) is 4. The minimum Gasteiger partial charge on any atom is -0.478 e. The molecule has 5 heteroatoms. The van der Waals surface area contributed by atoms with Gasteiger partial charge in [0.05, 0.1) is 17.4 Å². The van der Waals surface area contributed by atoms with Gasteiger partial charge >= 0.3 is 5.97 Å². The number of nitrogens with one attached hydrogen (secondary N) is 1. The van der Waals surface area contributed by atoms with Crippen LogP contribution in [0.5, 0.6) is 0 Å². The van der Waals surface area contributed by atoms with Crippen molar-refractivity contribution in [3.05, 3.63) is 24.0 Å². The van der Waals surface area contributed by atoms with Crippen LogP contribution in [-0.2, 0) is 0 Å². The Morgan fingerprint density at radius 3 is 2.72 bits per heavy atom. The van der Waals surface area contributed by atoms with E-state index < -0.39 is 5.97 Å². The Labute approximate surface area is 108 Å². The summed E-state index contributed by atoms with van der Waals surface area (Å²) in [7, 11) is 4.04. The maximum atomic E-state index is 11.0. The molecule has 0 aliphatic heterocycles. The average Bonchev–Trinajstić information content (AvgIpc) is 2.25. The van der Waals surface area contributed by atoms with Gasteiger partial charge in [-0.2, -0.15) is 0 Å². The van der Waals surface area contributed by atoms with Gasteiger partial charge in [-0.15, -0.1) is 0 Å². The number of hydrogen-bond donors (Lipinski definition) is 2. The molecule has 0 aliphatic rings. The second-order valence-electron chi connectivity index (χ2n) is 5.48. The summed E-state index contributed by atoms with van der Waals surface area (Å²) >= 11 is 0. The van der Waals surface area contributed by atoms with Crippen LogP contribution in [0.4, 0.5) is 5.69 Å². The van der Waals surface area contributed by atoms with Crippen LogP contribution in [-0.4, -0.2) is 48.1 Å². The van der Waals surface area contributed by atoms with Crippen LogP contribution in [0.15, 0.2) is 18.5 Å². The maximum absolute atomic E-state index is 11.0. The first kappa shape index (κ1) is 14.4. The molecule has 0 amide bonds. The van der Waals surface area contributed by atoms with Crippen LogP contribution in [0.25, 0.3) is 0 Å². The van der Waals surface area contributed by atoms with Crippen molar-refractivity contribution in [2.45, 2.75) is 13.8 Å². The Balaban J connectivity index is 2.71. The summed E-state index contributed by atoms with van der Waals surface area (Å²) in [5, 5.41) is 12.2. The normalized spacial score (nSPS) is 11.6. The minimum atomic E-state index is -0.940. The van der Waals surface area contributed by atoms with Gasteiger partial charge in [-0.3, -0.25) is 4.98 Å². The second kappa shape index (κ2) is 5.82. The van der Waals surface area contributed by atoms with Crippen LogP contribution in [0.1, 0.15) is 24.2 Å². The summed E-state index contributed by atoms with van der Waals surface area (Å²) in [4.78, 5) is 17.1. The molecule has 100 valence electrons. The summed E-state index contributed by atoms with van der Waals surface area (Å²) in [6.45, 7) is 5.88. The molecular weight excluding hydrogens is 230 g/mol. The van der Waals surface area contributed by atoms with Gasteiger partial charge in [-0.05, 0) is 25.6 Å². The predicted molar refractivity (Wildman–Crippen MR) is 72.0 cm³/mol. The lowest BCUT2D eigenvalue weighted by Crippen LogP contribution is -2.34. The third-order valence-electron chi connectivity index (χ3n) is 2.55. The zero-order chi connectivity index (χ0) is 13.8. The van der Waals surface area contributed by atoms with Gasteiger partial charge < -0.3 is 15.3 Å². The summed E-state index contributed by atoms with van der Waals surface area (Å²) in [5.41, 5.74) is 0.872. The van der Waals surface area contributed by atoms with Crippen molar-refractivity contribution in [2.75, 3.05) is 32.5 Å². The molecule has 0 spiro atoms. The maximum Gasteiger partial charge on any atom is 0.337 e. The van der Waals surface area contributed by atoms with Crippen molar-refractivity contribution in [1.29, 1.82) is 0 Å². The van der Waals surface area contributed by atoms with Crippen LogP contribution in [0, 0.1) is 5.41 Å². The molecule has 1 aromatic heterocycles. The first-order valence-electron chi connectivity index (χ1n) is 5.88. The molecule has 2 N–H and O–H groups in total. The number of carbonyl (C=O) groups is 1. The van der Waals surface area contributed by atoms with E-state index in [0.29, 0.717) is 12.2 Å². The lowest BCUT2D eigenvalue weighted by atomic mass is 9.93. The predicted octanol–water partition coefficient (Wildman–Crippen LogP) is 1.78. The minimum absolute atomic E-state index is 0.0507. The Bertz CT molecular complexity index is 416. The fourth-order valence-corrected chi connectivity index (χ4v) is 1.97. The number of carboxylic acids is 1. The van der Waals surface area contributed by atoms with Gasteiger partial charge in [0.2, 0.25) is 0 Å². The van der Waals surface area contributed by atoms with Gasteiger partial charge in [-0.1, -0.05) is 13.8 Å². The SMILES string of the molecule is CN(C)CC(C)(C)CNc1cnccc1C(=O)O. The zero-order valence-corrected chi connectivity index (χ0v) is 11.4. The Morgan fingerprint density at radius 2 is 2.17 bits per heavy atom. The van der Waals surface area contributed by atoms with E-state index in [1.54, 1.807) is 6.20 Å². The van der Waals surface area contributed by atoms with E-state index in [0.717, 1.165) is 6.54 Å². The smallest absolute Gasteiger partial charge is 0.337 e. The molecule has 1 heterocycles. The molecule has 0 saturated heterocycles. The Kier molecular flexibility index (Phi) is 4.67. The highest BCUT2D eigenvalue weighted by Crippen LogP contribution is 2.19. The first-order valence-corrected chi connectivity index (χ1v) is 5.88. The number of pyridine rings is 1. The molecule has 0 atom stereocenters. The van der Waals surface area contributed by atoms with Gasteiger partial charge in [-0.25, -0.2) is 4.79 Å². The lowest BCUT2D eigenvalue weighted by molar-refractivity contribution is 0.0697. The standard InChI is InChI=1S/C13H21N3O2/c1-13(2,9-16(3)4)8-15-11-7-14-6-5-10(11)12(17)18/h5-7,15H,8-9H2,1-4H3,(H,17,18). The zero-order valence-electron chi connectivity index (χ0n) is 11.4. The number of aromatic carboxylic acids is 1. The van der Waals surface area contributed by atoms with Crippen LogP contribution >= 0.6 is 0 Å². The van der Waals surface area contributed by atoms with Crippen LogP contribution < -0.4 is 5.32 Å². The van der Waals surface area contributed by atoms with E-state index in [9.17, 15) is 4.79 Å². The van der Waals surface area contributed by atoms with E-state index in [1.807, 2.05) is 14.1 Å². The molecule has 0 unspecified atom stereocenters. The number of anilines is 1. The Morgan fingerprint density at radius 1 is 1.50 bits per heavy atom. The number of nitrogens with zero attached hydrogens (tertiary/aromatic N) is 2. The quantitative estimate of drug-likeness (QED) is 0.806. The molecule has 1 aromatic rings. The summed E-state index contributed by atoms with van der Waals surface area (Å²) < 4.78 is 0. The highest BCUT2D eigenvalue weighted by atomic mass is 16.4. The van der Waals surface area contributed by atoms with Crippen molar-refractivity contribution in [1.82, 2.24) is 9.88 Å². The van der Waals surface area contributed by atoms with E-state index in [-0.39, 0.29) is 11.0 Å². The summed E-state index contributed by atoms with van der Waals surface area (Å²) in [6.07, 6.45) is 3.04. The van der Waals surface area contributed by atoms with Crippen LogP contribution in [0.3, 0.4) is 0 Å². The van der Waals surface area contributed by atoms with Gasteiger partial charge in [0, 0.05) is 19.3 Å². The highest BCUT2D eigenvalue weighted by molar-refractivity contribution is 5.93. The molecular formula is C13H21N3O2. The average molecular weight is 251 g/mol. The lowest BCUT2D eigenvalue weighted by Gasteiger charge is -2.29. The van der Waals surface area contributed by atoms with Gasteiger partial charge in [0.1, 0.15) is 0 Å². The van der Waals surface area contributed by atoms with E-state index >= 15 is 0 Å². The van der Waals surface area contributed by atoms with Crippen molar-refractivity contribution < 1.29 is 9.90 Å². The van der Waals surface area contributed by atoms with Gasteiger partial charge in [0.25, 0.3) is 0 Å². The fourth-order valence-electron chi connectivity index (χ4n) is 1.97. The molecule has 0 aliphatic carbocycles. The number of aromatic nitrogens is 1. The third kappa shape index (κ3) is 4.33. The van der Waals surface area contributed by atoms with Crippen LogP contribution in [0.2, 0.25) is 0 Å². The largest absolute Gasteiger partial charge is 0.478 e. The Hall–Kier alpha value is -1.62. The third-order valence-corrected chi connectivity index (χ3v) is 2.55. The second-order valence-corrected chi connectivity index (χ2v) is 5.48. The van der Waals surface area contributed by atoms with Crippen molar-refractivity contribution in [3.8, 4) is 0 Å². The molecule has 0 radical (unpaired) electrons. The summed E-state index contributed by atoms with van der Waals surface area (Å²) in [5.74, 6) is -0.940. The highest BCUT2D eigenvalue weighted by Gasteiger charge is 2.19. The van der Waals surface area contributed by atoms with Crippen molar-refractivity contribution in [2.24, 2.45) is 5.41 Å². The first-order chi connectivity index (χ1) is 8.32. The molecule has 5 nitrogen and oxygen atoms in total. The monoisotopic (exact) mass is 251 g/mol. The van der Waals surface area contributed by atoms with E-state index in [2.05, 4.69) is 29.0 Å². The van der Waals surface area contributed by atoms with Crippen molar-refractivity contribution >= 4 is 11.7 Å². The molecule has 0 aromatic carbocycles. The molecule has 0 fully saturated rings. The number of rotatable bonds is 6. The fraction of sp³-hybridized carbons (Fsp3) is 0.538. The van der Waals surface area contributed by atoms with Gasteiger partial charge in [0.15, 0.2) is 0 Å². The molecule has 18 heavy (non-hydrogen) atoms. The molecule has 0 saturated carbocycles. The van der Waals surface area contributed by atoms with Crippen molar-refractivity contribution in [3.63, 3.8) is 0 Å². The van der Waals surface area contributed by atoms with E-state index in [1.165, 1.54) is 12.3 Å². The van der Waals surface area contributed by atoms with E-state index in [4.69, 9.17) is 5.11 Å². The number of carboxylic acid groups (broad SMARTS) is 1.